The van der Waals surface area contributed by atoms with Gasteiger partial charge in [0.25, 0.3) is 5.91 Å². The van der Waals surface area contributed by atoms with E-state index < -0.39 is 17.6 Å². The zero-order valence-corrected chi connectivity index (χ0v) is 13.4. The Morgan fingerprint density at radius 3 is 2.31 bits per heavy atom. The first-order valence-electron chi connectivity index (χ1n) is 7.68. The number of carbonyl (C=O) groups excluding carboxylic acids is 1. The van der Waals surface area contributed by atoms with Crippen LogP contribution in [-0.4, -0.2) is 10.9 Å². The molecule has 132 valence electrons. The third-order valence-corrected chi connectivity index (χ3v) is 3.50. The van der Waals surface area contributed by atoms with Crippen LogP contribution in [-0.2, 0) is 6.18 Å². The van der Waals surface area contributed by atoms with Crippen LogP contribution in [0.5, 0.6) is 0 Å². The van der Waals surface area contributed by atoms with Crippen LogP contribution in [0.3, 0.4) is 0 Å². The van der Waals surface area contributed by atoms with Gasteiger partial charge in [0.15, 0.2) is 0 Å². The van der Waals surface area contributed by atoms with Crippen molar-refractivity contribution in [3.05, 3.63) is 84.2 Å². The van der Waals surface area contributed by atoms with E-state index >= 15 is 0 Å². The first-order valence-corrected chi connectivity index (χ1v) is 7.68. The van der Waals surface area contributed by atoms with Crippen LogP contribution in [0.2, 0.25) is 0 Å². The Bertz CT molecular complexity index is 911. The van der Waals surface area contributed by atoms with Crippen molar-refractivity contribution in [2.24, 2.45) is 0 Å². The molecule has 3 rings (SSSR count). The Morgan fingerprint density at radius 1 is 0.846 bits per heavy atom. The van der Waals surface area contributed by atoms with Crippen molar-refractivity contribution in [3.8, 4) is 0 Å². The molecule has 0 radical (unpaired) electrons. The van der Waals surface area contributed by atoms with E-state index in [4.69, 9.17) is 0 Å². The second-order valence-corrected chi connectivity index (χ2v) is 5.45. The second-order valence-electron chi connectivity index (χ2n) is 5.45. The molecule has 1 amide bonds. The minimum absolute atomic E-state index is 0.0491. The zero-order chi connectivity index (χ0) is 18.6. The molecule has 0 aliphatic heterocycles. The van der Waals surface area contributed by atoms with Gasteiger partial charge in [-0.3, -0.25) is 9.78 Å². The molecule has 0 aliphatic rings. The van der Waals surface area contributed by atoms with E-state index in [9.17, 15) is 18.0 Å². The zero-order valence-electron chi connectivity index (χ0n) is 13.4. The van der Waals surface area contributed by atoms with E-state index in [1.807, 2.05) is 30.3 Å². The number of rotatable bonds is 4. The van der Waals surface area contributed by atoms with Gasteiger partial charge >= 0.3 is 6.18 Å². The molecule has 3 aromatic rings. The van der Waals surface area contributed by atoms with Crippen LogP contribution in [0.4, 0.5) is 30.2 Å². The highest BCUT2D eigenvalue weighted by Crippen LogP contribution is 2.30. The molecule has 4 nitrogen and oxygen atoms in total. The van der Waals surface area contributed by atoms with E-state index in [1.165, 1.54) is 24.4 Å². The van der Waals surface area contributed by atoms with Crippen molar-refractivity contribution < 1.29 is 18.0 Å². The molecule has 1 aromatic heterocycles. The van der Waals surface area contributed by atoms with Crippen LogP contribution >= 0.6 is 0 Å². The number of para-hydroxylation sites is 1. The Kier molecular flexibility index (Phi) is 4.88. The molecule has 0 spiro atoms. The van der Waals surface area contributed by atoms with Gasteiger partial charge < -0.3 is 10.6 Å². The van der Waals surface area contributed by atoms with E-state index in [1.54, 1.807) is 6.07 Å². The summed E-state index contributed by atoms with van der Waals surface area (Å²) in [5, 5.41) is 5.56. The van der Waals surface area contributed by atoms with Crippen molar-refractivity contribution in [1.82, 2.24) is 4.98 Å². The number of halogens is 3. The standard InChI is InChI=1S/C19H14F3N3O/c20-19(21,22)13-5-4-8-15(11-13)25-18(26)17-12-16(9-10-23-17)24-14-6-2-1-3-7-14/h1-12H,(H,23,24)(H,25,26). The fraction of sp³-hybridized carbons (Fsp3) is 0.0526. The lowest BCUT2D eigenvalue weighted by Crippen LogP contribution is -2.14. The molecular formula is C19H14F3N3O. The summed E-state index contributed by atoms with van der Waals surface area (Å²) < 4.78 is 38.3. The van der Waals surface area contributed by atoms with Crippen LogP contribution in [0, 0.1) is 0 Å². The highest BCUT2D eigenvalue weighted by molar-refractivity contribution is 6.03. The highest BCUT2D eigenvalue weighted by Gasteiger charge is 2.30. The smallest absolute Gasteiger partial charge is 0.355 e. The molecule has 2 aromatic carbocycles. The summed E-state index contributed by atoms with van der Waals surface area (Å²) in [6, 6.07) is 17.0. The number of nitrogens with one attached hydrogen (secondary N) is 2. The number of benzene rings is 2. The fourth-order valence-corrected chi connectivity index (χ4v) is 2.29. The van der Waals surface area contributed by atoms with E-state index in [0.29, 0.717) is 5.69 Å². The number of anilines is 3. The maximum Gasteiger partial charge on any atom is 0.416 e. The monoisotopic (exact) mass is 357 g/mol. The first-order chi connectivity index (χ1) is 12.4. The molecule has 0 atom stereocenters. The number of amides is 1. The van der Waals surface area contributed by atoms with Crippen LogP contribution in [0.25, 0.3) is 0 Å². The lowest BCUT2D eigenvalue weighted by molar-refractivity contribution is -0.137. The third-order valence-electron chi connectivity index (χ3n) is 3.50. The fourth-order valence-electron chi connectivity index (χ4n) is 2.29. The number of aromatic nitrogens is 1. The van der Waals surface area contributed by atoms with Gasteiger partial charge in [0, 0.05) is 23.3 Å². The molecule has 0 saturated heterocycles. The highest BCUT2D eigenvalue weighted by atomic mass is 19.4. The topological polar surface area (TPSA) is 54.0 Å². The molecule has 0 aliphatic carbocycles. The van der Waals surface area contributed by atoms with Crippen molar-refractivity contribution >= 4 is 23.0 Å². The lowest BCUT2D eigenvalue weighted by atomic mass is 10.2. The largest absolute Gasteiger partial charge is 0.416 e. The molecule has 26 heavy (non-hydrogen) atoms. The van der Waals surface area contributed by atoms with Crippen molar-refractivity contribution in [3.63, 3.8) is 0 Å². The Labute approximate surface area is 147 Å². The molecule has 1 heterocycles. The number of carbonyl (C=O) groups is 1. The maximum absolute atomic E-state index is 12.8. The summed E-state index contributed by atoms with van der Waals surface area (Å²) in [7, 11) is 0. The summed E-state index contributed by atoms with van der Waals surface area (Å²) >= 11 is 0. The molecular weight excluding hydrogens is 343 g/mol. The predicted octanol–water partition coefficient (Wildman–Crippen LogP) is 5.10. The Hall–Kier alpha value is -3.35. The summed E-state index contributed by atoms with van der Waals surface area (Å²) in [5.74, 6) is -0.596. The van der Waals surface area contributed by atoms with Crippen LogP contribution < -0.4 is 10.6 Å². The average molecular weight is 357 g/mol. The number of alkyl halides is 3. The SMILES string of the molecule is O=C(Nc1cccc(C(F)(F)F)c1)c1cc(Nc2ccccc2)ccn1. The van der Waals surface area contributed by atoms with Crippen LogP contribution in [0.15, 0.2) is 72.9 Å². The van der Waals surface area contributed by atoms with Gasteiger partial charge in [0.2, 0.25) is 0 Å². The first kappa shape index (κ1) is 17.5. The number of hydrogen-bond acceptors (Lipinski definition) is 3. The van der Waals surface area contributed by atoms with Gasteiger partial charge in [-0.05, 0) is 42.5 Å². The maximum atomic E-state index is 12.8. The quantitative estimate of drug-likeness (QED) is 0.683. The van der Waals surface area contributed by atoms with E-state index in [0.717, 1.165) is 17.8 Å². The predicted molar refractivity (Wildman–Crippen MR) is 93.4 cm³/mol. The van der Waals surface area contributed by atoms with Gasteiger partial charge in [0.05, 0.1) is 5.56 Å². The van der Waals surface area contributed by atoms with Crippen molar-refractivity contribution in [1.29, 1.82) is 0 Å². The summed E-state index contributed by atoms with van der Waals surface area (Å²) in [5.41, 5.74) is 0.780. The van der Waals surface area contributed by atoms with Crippen molar-refractivity contribution in [2.75, 3.05) is 10.6 Å². The van der Waals surface area contributed by atoms with Crippen molar-refractivity contribution in [2.45, 2.75) is 6.18 Å². The average Bonchev–Trinajstić information content (AvgIpc) is 2.62. The summed E-state index contributed by atoms with van der Waals surface area (Å²) in [6.45, 7) is 0. The number of pyridine rings is 1. The normalized spacial score (nSPS) is 11.0. The molecule has 0 fully saturated rings. The molecule has 0 bridgehead atoms. The van der Waals surface area contributed by atoms with Gasteiger partial charge in [-0.1, -0.05) is 24.3 Å². The molecule has 0 unspecified atom stereocenters. The molecule has 7 heteroatoms. The summed E-state index contributed by atoms with van der Waals surface area (Å²) in [4.78, 5) is 16.3. The minimum atomic E-state index is -4.47. The summed E-state index contributed by atoms with van der Waals surface area (Å²) in [6.07, 6.45) is -3.02. The van der Waals surface area contributed by atoms with Gasteiger partial charge in [-0.2, -0.15) is 13.2 Å². The lowest BCUT2D eigenvalue weighted by Gasteiger charge is -2.10. The van der Waals surface area contributed by atoms with Gasteiger partial charge in [0.1, 0.15) is 5.69 Å². The van der Waals surface area contributed by atoms with E-state index in [2.05, 4.69) is 15.6 Å². The number of hydrogen-bond donors (Lipinski definition) is 2. The van der Waals surface area contributed by atoms with Crippen LogP contribution in [0.1, 0.15) is 16.1 Å². The minimum Gasteiger partial charge on any atom is -0.355 e. The second kappa shape index (κ2) is 7.26. The van der Waals surface area contributed by atoms with Gasteiger partial charge in [-0.25, -0.2) is 0 Å². The third kappa shape index (κ3) is 4.38. The molecule has 0 saturated carbocycles. The van der Waals surface area contributed by atoms with E-state index in [-0.39, 0.29) is 11.4 Å². The Morgan fingerprint density at radius 2 is 1.58 bits per heavy atom. The Balaban J connectivity index is 1.75. The van der Waals surface area contributed by atoms with Gasteiger partial charge in [-0.15, -0.1) is 0 Å². The molecule has 2 N–H and O–H groups in total. The number of nitrogens with zero attached hydrogens (tertiary/aromatic N) is 1.